The van der Waals surface area contributed by atoms with E-state index >= 15 is 0 Å². The summed E-state index contributed by atoms with van der Waals surface area (Å²) in [5, 5.41) is 22.1. The first-order valence-corrected chi connectivity index (χ1v) is 9.56. The molecular weight excluding hydrogens is 574 g/mol. The maximum atomic E-state index is 10.2. The van der Waals surface area contributed by atoms with Crippen LogP contribution < -0.4 is 0 Å². The molecule has 1 heterocycles. The molecule has 0 radical (unpaired) electrons. The number of aromatic amines is 1. The van der Waals surface area contributed by atoms with Crippen molar-refractivity contribution >= 4 is 75.2 Å². The highest BCUT2D eigenvalue weighted by Crippen LogP contribution is 2.26. The van der Waals surface area contributed by atoms with Gasteiger partial charge in [0.2, 0.25) is 4.77 Å². The normalized spacial score (nSPS) is 11.3. The van der Waals surface area contributed by atoms with Gasteiger partial charge in [-0.15, -0.1) is 0 Å². The number of rotatable bonds is 3. The number of phenolic OH excluding ortho intramolecular Hbond substituents is 1. The van der Waals surface area contributed by atoms with Gasteiger partial charge in [0, 0.05) is 19.7 Å². The van der Waals surface area contributed by atoms with Gasteiger partial charge in [0.15, 0.2) is 5.82 Å². The van der Waals surface area contributed by atoms with Crippen LogP contribution in [-0.2, 0) is 0 Å². The average Bonchev–Trinajstić information content (AvgIpc) is 2.91. The van der Waals surface area contributed by atoms with Crippen molar-refractivity contribution in [2.45, 2.75) is 0 Å². The van der Waals surface area contributed by atoms with Crippen LogP contribution in [0.3, 0.4) is 0 Å². The summed E-state index contributed by atoms with van der Waals surface area (Å²) in [6, 6.07) is 11.0. The molecule has 0 fully saturated rings. The molecule has 0 aliphatic carbocycles. The SMILES string of the molecule is Oc1c(I)cc(I)cc1/C=N\n1c(-c2ccc(Cl)cc2)n[nH]c1=S. The van der Waals surface area contributed by atoms with Gasteiger partial charge in [0.25, 0.3) is 0 Å². The number of aromatic nitrogens is 3. The molecule has 0 amide bonds. The lowest BCUT2D eigenvalue weighted by atomic mass is 10.2. The number of nitrogens with zero attached hydrogens (tertiary/aromatic N) is 3. The van der Waals surface area contributed by atoms with Crippen molar-refractivity contribution in [3.8, 4) is 17.1 Å². The number of phenols is 1. The first-order valence-electron chi connectivity index (χ1n) is 6.61. The molecule has 5 nitrogen and oxygen atoms in total. The third kappa shape index (κ3) is 3.81. The zero-order valence-electron chi connectivity index (χ0n) is 11.9. The quantitative estimate of drug-likeness (QED) is 0.258. The van der Waals surface area contributed by atoms with Crippen LogP contribution in [0.5, 0.6) is 5.75 Å². The molecule has 9 heteroatoms. The van der Waals surface area contributed by atoms with Crippen LogP contribution in [0.4, 0.5) is 0 Å². The van der Waals surface area contributed by atoms with E-state index in [1.54, 1.807) is 18.3 Å². The fourth-order valence-electron chi connectivity index (χ4n) is 1.99. The molecule has 0 atom stereocenters. The number of halogens is 3. The summed E-state index contributed by atoms with van der Waals surface area (Å²) in [4.78, 5) is 0. The minimum absolute atomic E-state index is 0.183. The van der Waals surface area contributed by atoms with E-state index in [0.717, 1.165) is 12.7 Å². The van der Waals surface area contributed by atoms with Crippen LogP contribution in [-0.4, -0.2) is 26.2 Å². The molecule has 3 aromatic rings. The zero-order valence-corrected chi connectivity index (χ0v) is 17.8. The first-order chi connectivity index (χ1) is 11.5. The lowest BCUT2D eigenvalue weighted by Crippen LogP contribution is -1.96. The molecule has 0 bridgehead atoms. The monoisotopic (exact) mass is 582 g/mol. The molecule has 0 unspecified atom stereocenters. The van der Waals surface area contributed by atoms with Gasteiger partial charge < -0.3 is 5.11 Å². The third-order valence-electron chi connectivity index (χ3n) is 3.12. The van der Waals surface area contributed by atoms with Crippen molar-refractivity contribution in [1.82, 2.24) is 14.9 Å². The van der Waals surface area contributed by atoms with E-state index in [2.05, 4.69) is 60.5 Å². The molecule has 0 saturated carbocycles. The third-order valence-corrected chi connectivity index (χ3v) is 5.08. The predicted octanol–water partition coefficient (Wildman–Crippen LogP) is 5.06. The molecule has 0 saturated heterocycles. The Labute approximate surface area is 175 Å². The van der Waals surface area contributed by atoms with Gasteiger partial charge in [-0.25, -0.2) is 5.10 Å². The Kier molecular flexibility index (Phi) is 5.57. The van der Waals surface area contributed by atoms with Crippen molar-refractivity contribution in [3.63, 3.8) is 0 Å². The summed E-state index contributed by atoms with van der Waals surface area (Å²) in [5.74, 6) is 0.746. The van der Waals surface area contributed by atoms with Gasteiger partial charge in [-0.1, -0.05) is 11.6 Å². The first kappa shape index (κ1) is 17.8. The second-order valence-electron chi connectivity index (χ2n) is 4.74. The van der Waals surface area contributed by atoms with Crippen LogP contribution in [0, 0.1) is 11.9 Å². The van der Waals surface area contributed by atoms with Crippen molar-refractivity contribution in [2.75, 3.05) is 0 Å². The number of hydrogen-bond donors (Lipinski definition) is 2. The Morgan fingerprint density at radius 3 is 2.67 bits per heavy atom. The maximum absolute atomic E-state index is 10.2. The summed E-state index contributed by atoms with van der Waals surface area (Å²) >= 11 is 15.4. The molecule has 24 heavy (non-hydrogen) atoms. The molecular formula is C15H9ClI2N4OS. The molecule has 0 spiro atoms. The summed E-state index contributed by atoms with van der Waals surface area (Å²) < 4.78 is 3.63. The lowest BCUT2D eigenvalue weighted by molar-refractivity contribution is 0.470. The van der Waals surface area contributed by atoms with E-state index in [0.29, 0.717) is 21.2 Å². The number of aromatic hydroxyl groups is 1. The molecule has 2 aromatic carbocycles. The van der Waals surface area contributed by atoms with Crippen molar-refractivity contribution < 1.29 is 5.11 Å². The zero-order chi connectivity index (χ0) is 17.3. The standard InChI is InChI=1S/C15H9ClI2N4OS/c16-10-3-1-8(2-4-10)14-20-21-15(24)22(14)19-7-9-5-11(17)6-12(18)13(9)23/h1-7,23H,(H,21,24)/b19-7-. The Balaban J connectivity index is 2.04. The Bertz CT molecular complexity index is 982. The van der Waals surface area contributed by atoms with Gasteiger partial charge in [-0.3, -0.25) is 0 Å². The van der Waals surface area contributed by atoms with Crippen LogP contribution in [0.2, 0.25) is 5.02 Å². The number of nitrogens with one attached hydrogen (secondary N) is 1. The van der Waals surface area contributed by atoms with E-state index in [4.69, 9.17) is 23.8 Å². The van der Waals surface area contributed by atoms with E-state index in [-0.39, 0.29) is 5.75 Å². The molecule has 122 valence electrons. The molecule has 2 N–H and O–H groups in total. The van der Waals surface area contributed by atoms with E-state index < -0.39 is 0 Å². The fraction of sp³-hybridized carbons (Fsp3) is 0. The van der Waals surface area contributed by atoms with E-state index in [9.17, 15) is 5.11 Å². The Morgan fingerprint density at radius 1 is 1.25 bits per heavy atom. The second kappa shape index (κ2) is 7.50. The second-order valence-corrected chi connectivity index (χ2v) is 7.97. The van der Waals surface area contributed by atoms with Crippen molar-refractivity contribution in [2.24, 2.45) is 5.10 Å². The van der Waals surface area contributed by atoms with Gasteiger partial charge in [0.1, 0.15) is 5.75 Å². The van der Waals surface area contributed by atoms with Gasteiger partial charge in [-0.05, 0) is 93.8 Å². The molecule has 0 aliphatic rings. The Hall–Kier alpha value is -0.980. The summed E-state index contributed by atoms with van der Waals surface area (Å²) in [6.45, 7) is 0. The molecule has 1 aromatic heterocycles. The molecule has 3 rings (SSSR count). The summed E-state index contributed by atoms with van der Waals surface area (Å²) in [6.07, 6.45) is 1.56. The Morgan fingerprint density at radius 2 is 1.96 bits per heavy atom. The summed E-state index contributed by atoms with van der Waals surface area (Å²) in [7, 11) is 0. The lowest BCUT2D eigenvalue weighted by Gasteiger charge is -2.04. The van der Waals surface area contributed by atoms with Crippen LogP contribution in [0.25, 0.3) is 11.4 Å². The highest BCUT2D eigenvalue weighted by molar-refractivity contribution is 14.1. The smallest absolute Gasteiger partial charge is 0.216 e. The average molecular weight is 583 g/mol. The van der Waals surface area contributed by atoms with Gasteiger partial charge in [-0.2, -0.15) is 14.9 Å². The van der Waals surface area contributed by atoms with Gasteiger partial charge >= 0.3 is 0 Å². The summed E-state index contributed by atoms with van der Waals surface area (Å²) in [5.41, 5.74) is 1.43. The van der Waals surface area contributed by atoms with Crippen LogP contribution in [0.1, 0.15) is 5.56 Å². The van der Waals surface area contributed by atoms with Crippen molar-refractivity contribution in [1.29, 1.82) is 0 Å². The minimum Gasteiger partial charge on any atom is -0.506 e. The topological polar surface area (TPSA) is 66.2 Å². The van der Waals surface area contributed by atoms with E-state index in [1.807, 2.05) is 24.3 Å². The van der Waals surface area contributed by atoms with Crippen LogP contribution in [0.15, 0.2) is 41.5 Å². The van der Waals surface area contributed by atoms with Crippen molar-refractivity contribution in [3.05, 3.63) is 58.9 Å². The number of hydrogen-bond acceptors (Lipinski definition) is 4. The number of benzene rings is 2. The van der Waals surface area contributed by atoms with Crippen LogP contribution >= 0.6 is 69.0 Å². The highest BCUT2D eigenvalue weighted by atomic mass is 127. The predicted molar refractivity (Wildman–Crippen MR) is 114 cm³/mol. The maximum Gasteiger partial charge on any atom is 0.216 e. The van der Waals surface area contributed by atoms with Gasteiger partial charge in [0.05, 0.1) is 9.78 Å². The minimum atomic E-state index is 0.183. The highest BCUT2D eigenvalue weighted by Gasteiger charge is 2.09. The largest absolute Gasteiger partial charge is 0.506 e. The number of H-pyrrole nitrogens is 1. The molecule has 0 aliphatic heterocycles. The van der Waals surface area contributed by atoms with E-state index in [1.165, 1.54) is 4.68 Å². The fourth-order valence-corrected chi connectivity index (χ4v) is 4.18.